The van der Waals surface area contributed by atoms with Crippen LogP contribution in [0.25, 0.3) is 10.8 Å². The monoisotopic (exact) mass is 386 g/mol. The molecule has 1 nitrogen and oxygen atoms in total. The summed E-state index contributed by atoms with van der Waals surface area (Å²) in [5.74, 6) is 0.581. The van der Waals surface area contributed by atoms with Gasteiger partial charge in [-0.2, -0.15) is 13.2 Å². The zero-order valence-corrected chi connectivity index (χ0v) is 14.4. The molecule has 0 spiro atoms. The van der Waals surface area contributed by atoms with E-state index >= 15 is 0 Å². The number of hydrogen-bond acceptors (Lipinski definition) is 1. The van der Waals surface area contributed by atoms with Crippen LogP contribution in [0.5, 0.6) is 5.75 Å². The largest absolute Gasteiger partial charge is 0.490 e. The third-order valence-corrected chi connectivity index (χ3v) is 4.98. The maximum atomic E-state index is 13.6. The van der Waals surface area contributed by atoms with Crippen LogP contribution < -0.4 is 4.74 Å². The van der Waals surface area contributed by atoms with Crippen LogP contribution in [0.3, 0.4) is 0 Å². The minimum atomic E-state index is -4.44. The van der Waals surface area contributed by atoms with Crippen molar-refractivity contribution in [1.82, 2.24) is 0 Å². The Morgan fingerprint density at radius 3 is 2.39 bits per heavy atom. The maximum Gasteiger partial charge on any atom is 0.420 e. The predicted molar refractivity (Wildman–Crippen MR) is 88.7 cm³/mol. The summed E-state index contributed by atoms with van der Waals surface area (Å²) in [6, 6.07) is 7.96. The summed E-state index contributed by atoms with van der Waals surface area (Å²) >= 11 is 3.30. The zero-order valence-electron chi connectivity index (χ0n) is 12.8. The Kier molecular flexibility index (Phi) is 4.59. The lowest BCUT2D eigenvalue weighted by Gasteiger charge is -2.28. The third-order valence-electron chi connectivity index (χ3n) is 4.48. The highest BCUT2D eigenvalue weighted by atomic mass is 79.9. The van der Waals surface area contributed by atoms with Gasteiger partial charge >= 0.3 is 6.18 Å². The topological polar surface area (TPSA) is 9.23 Å². The van der Waals surface area contributed by atoms with Gasteiger partial charge in [0.05, 0.1) is 6.10 Å². The number of rotatable bonds is 2. The molecule has 23 heavy (non-hydrogen) atoms. The molecule has 0 aliphatic heterocycles. The lowest BCUT2D eigenvalue weighted by Crippen LogP contribution is -2.24. The molecule has 0 unspecified atom stereocenters. The smallest absolute Gasteiger partial charge is 0.420 e. The summed E-state index contributed by atoms with van der Waals surface area (Å²) in [7, 11) is 0. The van der Waals surface area contributed by atoms with Gasteiger partial charge in [-0.3, -0.25) is 0 Å². The Hall–Kier alpha value is -1.23. The molecule has 0 saturated heterocycles. The highest BCUT2D eigenvalue weighted by Crippen LogP contribution is 2.43. The Morgan fingerprint density at radius 1 is 1.04 bits per heavy atom. The number of halogens is 4. The fourth-order valence-corrected chi connectivity index (χ4v) is 3.58. The fraction of sp³-hybridized carbons (Fsp3) is 0.444. The molecule has 0 bridgehead atoms. The van der Waals surface area contributed by atoms with Crippen molar-refractivity contribution < 1.29 is 17.9 Å². The van der Waals surface area contributed by atoms with E-state index in [0.717, 1.165) is 30.2 Å². The Labute approximate surface area is 142 Å². The minimum absolute atomic E-state index is 0.0492. The molecule has 3 rings (SSSR count). The van der Waals surface area contributed by atoms with Gasteiger partial charge in [-0.05, 0) is 60.6 Å². The lowest BCUT2D eigenvalue weighted by atomic mass is 9.89. The summed E-state index contributed by atoms with van der Waals surface area (Å²) in [5.41, 5.74) is -0.666. The summed E-state index contributed by atoms with van der Waals surface area (Å²) in [5, 5.41) is 0.735. The first-order chi connectivity index (χ1) is 10.8. The van der Waals surface area contributed by atoms with Crippen LogP contribution in [-0.2, 0) is 6.18 Å². The molecule has 124 valence electrons. The summed E-state index contributed by atoms with van der Waals surface area (Å²) < 4.78 is 47.3. The Morgan fingerprint density at radius 2 is 1.74 bits per heavy atom. The van der Waals surface area contributed by atoms with Crippen LogP contribution in [-0.4, -0.2) is 6.10 Å². The van der Waals surface area contributed by atoms with Crippen LogP contribution in [0.1, 0.15) is 38.2 Å². The molecule has 0 amide bonds. The molecule has 1 saturated carbocycles. The lowest BCUT2D eigenvalue weighted by molar-refractivity contribution is -0.138. The van der Waals surface area contributed by atoms with E-state index in [1.807, 2.05) is 0 Å². The molecular formula is C18H18BrF3O. The summed E-state index contributed by atoms with van der Waals surface area (Å²) in [4.78, 5) is 0. The number of ether oxygens (including phenoxy) is 1. The zero-order chi connectivity index (χ0) is 16.6. The molecule has 2 aromatic rings. The van der Waals surface area contributed by atoms with Gasteiger partial charge in [-0.1, -0.05) is 35.0 Å². The van der Waals surface area contributed by atoms with Crippen LogP contribution in [0.15, 0.2) is 34.8 Å². The molecule has 1 fully saturated rings. The minimum Gasteiger partial charge on any atom is -0.490 e. The van der Waals surface area contributed by atoms with Crippen LogP contribution in [0.2, 0.25) is 0 Å². The van der Waals surface area contributed by atoms with Crippen LogP contribution in [0, 0.1) is 5.92 Å². The second-order valence-corrected chi connectivity index (χ2v) is 7.22. The molecule has 0 heterocycles. The quantitative estimate of drug-likeness (QED) is 0.566. The van der Waals surface area contributed by atoms with Gasteiger partial charge in [0.1, 0.15) is 11.3 Å². The van der Waals surface area contributed by atoms with Gasteiger partial charge in [0.15, 0.2) is 0 Å². The van der Waals surface area contributed by atoms with Crippen molar-refractivity contribution in [3.05, 3.63) is 40.4 Å². The van der Waals surface area contributed by atoms with Gasteiger partial charge < -0.3 is 4.74 Å². The number of alkyl halides is 3. The highest BCUT2D eigenvalue weighted by Gasteiger charge is 2.37. The number of benzene rings is 2. The van der Waals surface area contributed by atoms with Gasteiger partial charge in [0.25, 0.3) is 0 Å². The van der Waals surface area contributed by atoms with E-state index in [-0.39, 0.29) is 17.2 Å². The second kappa shape index (κ2) is 6.34. The van der Waals surface area contributed by atoms with E-state index in [2.05, 4.69) is 22.9 Å². The first kappa shape index (κ1) is 16.6. The maximum absolute atomic E-state index is 13.6. The molecule has 0 atom stereocenters. The van der Waals surface area contributed by atoms with E-state index in [0.29, 0.717) is 11.3 Å². The first-order valence-corrected chi connectivity index (χ1v) is 8.60. The highest BCUT2D eigenvalue weighted by molar-refractivity contribution is 9.10. The van der Waals surface area contributed by atoms with Gasteiger partial charge in [-0.15, -0.1) is 0 Å². The molecule has 0 aromatic heterocycles. The van der Waals surface area contributed by atoms with Gasteiger partial charge in [0.2, 0.25) is 0 Å². The standard InChI is InChI=1S/C18H18BrF3O/c1-11-2-6-14(7-3-11)23-16-9-4-12-10-13(19)5-8-15(12)17(16)18(20,21)22/h4-5,8-11,14H,2-3,6-7H2,1H3. The first-order valence-electron chi connectivity index (χ1n) is 7.80. The summed E-state index contributed by atoms with van der Waals surface area (Å²) in [6.45, 7) is 2.17. The van der Waals surface area contributed by atoms with Gasteiger partial charge in [-0.25, -0.2) is 0 Å². The molecule has 5 heteroatoms. The molecule has 1 aliphatic rings. The van der Waals surface area contributed by atoms with E-state index in [4.69, 9.17) is 4.74 Å². The van der Waals surface area contributed by atoms with Crippen LogP contribution >= 0.6 is 15.9 Å². The van der Waals surface area contributed by atoms with Crippen molar-refractivity contribution in [1.29, 1.82) is 0 Å². The van der Waals surface area contributed by atoms with E-state index in [1.54, 1.807) is 18.2 Å². The van der Waals surface area contributed by atoms with Gasteiger partial charge in [0, 0.05) is 4.47 Å². The molecule has 0 N–H and O–H groups in total. The number of fused-ring (bicyclic) bond motifs is 1. The molecular weight excluding hydrogens is 369 g/mol. The molecule has 1 aliphatic carbocycles. The normalized spacial score (nSPS) is 22.3. The predicted octanol–water partition coefficient (Wildman–Crippen LogP) is 6.58. The van der Waals surface area contributed by atoms with Crippen LogP contribution in [0.4, 0.5) is 13.2 Å². The van der Waals surface area contributed by atoms with Crippen molar-refractivity contribution in [2.45, 2.75) is 44.9 Å². The number of hydrogen-bond donors (Lipinski definition) is 0. The molecule has 2 aromatic carbocycles. The average Bonchev–Trinajstić information content (AvgIpc) is 2.48. The third kappa shape index (κ3) is 3.65. The van der Waals surface area contributed by atoms with E-state index < -0.39 is 11.7 Å². The fourth-order valence-electron chi connectivity index (χ4n) is 3.20. The van der Waals surface area contributed by atoms with Crippen molar-refractivity contribution in [2.75, 3.05) is 0 Å². The van der Waals surface area contributed by atoms with Crippen molar-refractivity contribution >= 4 is 26.7 Å². The Bertz CT molecular complexity index is 703. The van der Waals surface area contributed by atoms with Crippen molar-refractivity contribution in [3.63, 3.8) is 0 Å². The van der Waals surface area contributed by atoms with Crippen molar-refractivity contribution in [3.8, 4) is 5.75 Å². The SMILES string of the molecule is CC1CCC(Oc2ccc3cc(Br)ccc3c2C(F)(F)F)CC1. The second-order valence-electron chi connectivity index (χ2n) is 6.30. The van der Waals surface area contributed by atoms with E-state index in [9.17, 15) is 13.2 Å². The van der Waals surface area contributed by atoms with Crippen molar-refractivity contribution in [2.24, 2.45) is 5.92 Å². The summed E-state index contributed by atoms with van der Waals surface area (Å²) in [6.07, 6.45) is -0.919. The molecule has 0 radical (unpaired) electrons. The average molecular weight is 387 g/mol. The Balaban J connectivity index is 2.01. The van der Waals surface area contributed by atoms with E-state index in [1.165, 1.54) is 12.1 Å².